The molecule has 1 unspecified atom stereocenters. The summed E-state index contributed by atoms with van der Waals surface area (Å²) in [4.78, 5) is 12.4. The van der Waals surface area contributed by atoms with Crippen molar-refractivity contribution in [3.63, 3.8) is 0 Å². The number of rotatable bonds is 4. The summed E-state index contributed by atoms with van der Waals surface area (Å²) in [6, 6.07) is 15.4. The van der Waals surface area contributed by atoms with Gasteiger partial charge in [-0.3, -0.25) is 4.79 Å². The lowest BCUT2D eigenvalue weighted by atomic mass is 9.89. The monoisotopic (exact) mass is 242 g/mol. The Morgan fingerprint density at radius 3 is 2.22 bits per heavy atom. The molecule has 0 fully saturated rings. The lowest BCUT2D eigenvalue weighted by Crippen LogP contribution is -2.12. The molecule has 0 aliphatic carbocycles. The van der Waals surface area contributed by atoms with Crippen molar-refractivity contribution in [3.8, 4) is 0 Å². The second kappa shape index (κ2) is 5.58. The van der Waals surface area contributed by atoms with E-state index in [9.17, 15) is 9.18 Å². The molecule has 1 nitrogen and oxygen atoms in total. The Kier molecular flexibility index (Phi) is 3.88. The number of ketones is 1. The van der Waals surface area contributed by atoms with E-state index in [1.807, 2.05) is 37.3 Å². The van der Waals surface area contributed by atoms with Gasteiger partial charge in [0, 0.05) is 11.5 Å². The molecule has 0 aliphatic heterocycles. The lowest BCUT2D eigenvalue weighted by Gasteiger charge is -2.14. The van der Waals surface area contributed by atoms with Crippen LogP contribution in [0, 0.1) is 5.82 Å². The quantitative estimate of drug-likeness (QED) is 0.734. The van der Waals surface area contributed by atoms with E-state index in [-0.39, 0.29) is 17.5 Å². The maximum Gasteiger partial charge on any atom is 0.170 e. The highest BCUT2D eigenvalue weighted by molar-refractivity contribution is 6.00. The van der Waals surface area contributed by atoms with Crippen LogP contribution in [0.4, 0.5) is 4.39 Å². The standard InChI is InChI=1S/C16H15FO/c1-2-15(12-6-4-3-5-7-12)16(18)13-8-10-14(17)11-9-13/h3-11,15H,2H2,1H3. The second-order valence-corrected chi connectivity index (χ2v) is 4.24. The SMILES string of the molecule is CCC(C(=O)c1ccc(F)cc1)c1ccccc1. The zero-order valence-corrected chi connectivity index (χ0v) is 10.3. The van der Waals surface area contributed by atoms with Crippen LogP contribution in [-0.2, 0) is 0 Å². The topological polar surface area (TPSA) is 17.1 Å². The van der Waals surface area contributed by atoms with E-state index >= 15 is 0 Å². The number of hydrogen-bond acceptors (Lipinski definition) is 1. The van der Waals surface area contributed by atoms with Crippen molar-refractivity contribution in [2.75, 3.05) is 0 Å². The molecule has 0 spiro atoms. The maximum atomic E-state index is 12.8. The molecule has 92 valence electrons. The first-order valence-electron chi connectivity index (χ1n) is 6.07. The van der Waals surface area contributed by atoms with Crippen molar-refractivity contribution in [1.82, 2.24) is 0 Å². The number of carbonyl (C=O) groups excluding carboxylic acids is 1. The highest BCUT2D eigenvalue weighted by atomic mass is 19.1. The van der Waals surface area contributed by atoms with Crippen LogP contribution in [0.2, 0.25) is 0 Å². The van der Waals surface area contributed by atoms with Gasteiger partial charge in [-0.2, -0.15) is 0 Å². The predicted molar refractivity (Wildman–Crippen MR) is 70.2 cm³/mol. The molecule has 18 heavy (non-hydrogen) atoms. The van der Waals surface area contributed by atoms with Gasteiger partial charge in [-0.25, -0.2) is 4.39 Å². The predicted octanol–water partition coefficient (Wildman–Crippen LogP) is 4.20. The first-order chi connectivity index (χ1) is 8.72. The summed E-state index contributed by atoms with van der Waals surface area (Å²) in [5, 5.41) is 0. The first kappa shape index (κ1) is 12.5. The summed E-state index contributed by atoms with van der Waals surface area (Å²) in [6.45, 7) is 1.99. The van der Waals surface area contributed by atoms with E-state index in [2.05, 4.69) is 0 Å². The smallest absolute Gasteiger partial charge is 0.170 e. The Morgan fingerprint density at radius 1 is 1.06 bits per heavy atom. The molecule has 2 rings (SSSR count). The Hall–Kier alpha value is -1.96. The number of halogens is 1. The number of carbonyl (C=O) groups is 1. The van der Waals surface area contributed by atoms with Crippen molar-refractivity contribution >= 4 is 5.78 Å². The van der Waals surface area contributed by atoms with Crippen LogP contribution in [0.15, 0.2) is 54.6 Å². The fourth-order valence-corrected chi connectivity index (χ4v) is 2.07. The summed E-state index contributed by atoms with van der Waals surface area (Å²) >= 11 is 0. The molecule has 0 bridgehead atoms. The van der Waals surface area contributed by atoms with E-state index < -0.39 is 0 Å². The van der Waals surface area contributed by atoms with Gasteiger partial charge in [-0.1, -0.05) is 37.3 Å². The molecule has 0 radical (unpaired) electrons. The molecular weight excluding hydrogens is 227 g/mol. The summed E-state index contributed by atoms with van der Waals surface area (Å²) in [5.41, 5.74) is 1.57. The van der Waals surface area contributed by atoms with E-state index in [1.165, 1.54) is 12.1 Å². The Morgan fingerprint density at radius 2 is 1.67 bits per heavy atom. The zero-order chi connectivity index (χ0) is 13.0. The molecule has 2 aromatic carbocycles. The molecular formula is C16H15FO. The van der Waals surface area contributed by atoms with Crippen LogP contribution in [0.5, 0.6) is 0 Å². The first-order valence-corrected chi connectivity index (χ1v) is 6.07. The average Bonchev–Trinajstić information content (AvgIpc) is 2.41. The van der Waals surface area contributed by atoms with Crippen molar-refractivity contribution in [2.45, 2.75) is 19.3 Å². The lowest BCUT2D eigenvalue weighted by molar-refractivity contribution is 0.0957. The molecule has 0 saturated carbocycles. The highest BCUT2D eigenvalue weighted by Crippen LogP contribution is 2.24. The minimum Gasteiger partial charge on any atom is -0.293 e. The van der Waals surface area contributed by atoms with Gasteiger partial charge in [0.15, 0.2) is 5.78 Å². The van der Waals surface area contributed by atoms with Gasteiger partial charge >= 0.3 is 0 Å². The highest BCUT2D eigenvalue weighted by Gasteiger charge is 2.19. The van der Waals surface area contributed by atoms with Crippen LogP contribution in [0.3, 0.4) is 0 Å². The van der Waals surface area contributed by atoms with Gasteiger partial charge in [-0.15, -0.1) is 0 Å². The van der Waals surface area contributed by atoms with Crippen molar-refractivity contribution in [1.29, 1.82) is 0 Å². The van der Waals surface area contributed by atoms with E-state index in [0.29, 0.717) is 5.56 Å². The molecule has 1 atom stereocenters. The normalized spacial score (nSPS) is 12.1. The molecule has 2 aromatic rings. The van der Waals surface area contributed by atoms with Crippen molar-refractivity contribution in [3.05, 3.63) is 71.5 Å². The minimum atomic E-state index is -0.320. The summed E-state index contributed by atoms with van der Waals surface area (Å²) in [7, 11) is 0. The molecule has 0 aliphatic rings. The summed E-state index contributed by atoms with van der Waals surface area (Å²) < 4.78 is 12.8. The fourth-order valence-electron chi connectivity index (χ4n) is 2.07. The number of hydrogen-bond donors (Lipinski definition) is 0. The third-order valence-corrected chi connectivity index (χ3v) is 3.06. The van der Waals surface area contributed by atoms with Crippen molar-refractivity contribution in [2.24, 2.45) is 0 Å². The third-order valence-electron chi connectivity index (χ3n) is 3.06. The van der Waals surface area contributed by atoms with E-state index in [4.69, 9.17) is 0 Å². The molecule has 0 N–H and O–H groups in total. The van der Waals surface area contributed by atoms with Gasteiger partial charge in [0.25, 0.3) is 0 Å². The van der Waals surface area contributed by atoms with Gasteiger partial charge in [-0.05, 0) is 36.2 Å². The number of benzene rings is 2. The van der Waals surface area contributed by atoms with E-state index in [1.54, 1.807) is 12.1 Å². The Bertz CT molecular complexity index is 517. The van der Waals surface area contributed by atoms with Crippen LogP contribution in [0.1, 0.15) is 35.2 Å². The summed E-state index contributed by atoms with van der Waals surface area (Å²) in [5.74, 6) is -0.431. The maximum absolute atomic E-state index is 12.8. The molecule has 0 aromatic heterocycles. The zero-order valence-electron chi connectivity index (χ0n) is 10.3. The Balaban J connectivity index is 2.28. The van der Waals surface area contributed by atoms with Gasteiger partial charge in [0.05, 0.1) is 0 Å². The average molecular weight is 242 g/mol. The second-order valence-electron chi connectivity index (χ2n) is 4.24. The van der Waals surface area contributed by atoms with Crippen molar-refractivity contribution < 1.29 is 9.18 Å². The fraction of sp³-hybridized carbons (Fsp3) is 0.188. The minimum absolute atomic E-state index is 0.0451. The largest absolute Gasteiger partial charge is 0.293 e. The molecule has 0 heterocycles. The van der Waals surface area contributed by atoms with Gasteiger partial charge < -0.3 is 0 Å². The third kappa shape index (κ3) is 2.65. The summed E-state index contributed by atoms with van der Waals surface area (Å²) in [6.07, 6.45) is 0.736. The van der Waals surface area contributed by atoms with E-state index in [0.717, 1.165) is 12.0 Å². The van der Waals surface area contributed by atoms with Crippen LogP contribution < -0.4 is 0 Å². The molecule has 2 heteroatoms. The van der Waals surface area contributed by atoms with Crippen LogP contribution >= 0.6 is 0 Å². The molecule has 0 saturated heterocycles. The number of Topliss-reactive ketones (excluding diaryl/α,β-unsaturated/α-hetero) is 1. The Labute approximate surface area is 106 Å². The van der Waals surface area contributed by atoms with Gasteiger partial charge in [0.1, 0.15) is 5.82 Å². The van der Waals surface area contributed by atoms with Crippen LogP contribution in [0.25, 0.3) is 0 Å². The van der Waals surface area contributed by atoms with Gasteiger partial charge in [0.2, 0.25) is 0 Å². The van der Waals surface area contributed by atoms with Crippen LogP contribution in [-0.4, -0.2) is 5.78 Å². The molecule has 0 amide bonds.